The topological polar surface area (TPSA) is 68.6 Å². The molecule has 1 amide bonds. The SMILES string of the molecule is COc1cccc(-c2ccc(Nc3ccc(C(=O)N4CCN(C)CC4)cc3)c(C#N)c2)c1. The molecule has 6 nitrogen and oxygen atoms in total. The molecule has 4 rings (SSSR count). The molecule has 0 aliphatic carbocycles. The Hall–Kier alpha value is -3.82. The summed E-state index contributed by atoms with van der Waals surface area (Å²) < 4.78 is 5.30. The molecule has 0 aromatic heterocycles. The average molecular weight is 427 g/mol. The molecule has 0 bridgehead atoms. The third kappa shape index (κ3) is 4.74. The van der Waals surface area contributed by atoms with E-state index < -0.39 is 0 Å². The molecule has 6 heteroatoms. The van der Waals surface area contributed by atoms with Crippen LogP contribution in [0.5, 0.6) is 5.75 Å². The van der Waals surface area contributed by atoms with Crippen molar-refractivity contribution in [2.45, 2.75) is 0 Å². The number of methoxy groups -OCH3 is 1. The molecule has 1 saturated heterocycles. The van der Waals surface area contributed by atoms with Gasteiger partial charge in [0.25, 0.3) is 5.91 Å². The fourth-order valence-corrected chi connectivity index (χ4v) is 3.77. The molecule has 1 aliphatic rings. The van der Waals surface area contributed by atoms with E-state index in [-0.39, 0.29) is 5.91 Å². The van der Waals surface area contributed by atoms with Crippen LogP contribution in [-0.4, -0.2) is 56.0 Å². The van der Waals surface area contributed by atoms with Gasteiger partial charge in [-0.05, 0) is 66.7 Å². The summed E-state index contributed by atoms with van der Waals surface area (Å²) in [4.78, 5) is 16.9. The lowest BCUT2D eigenvalue weighted by Crippen LogP contribution is -2.47. The summed E-state index contributed by atoms with van der Waals surface area (Å²) in [6.07, 6.45) is 0. The number of amides is 1. The highest BCUT2D eigenvalue weighted by molar-refractivity contribution is 5.94. The maximum Gasteiger partial charge on any atom is 0.253 e. The van der Waals surface area contributed by atoms with Crippen molar-refractivity contribution in [2.24, 2.45) is 0 Å². The van der Waals surface area contributed by atoms with Crippen LogP contribution < -0.4 is 10.1 Å². The average Bonchev–Trinajstić information content (AvgIpc) is 2.85. The first-order valence-corrected chi connectivity index (χ1v) is 10.6. The predicted octanol–water partition coefficient (Wildman–Crippen LogP) is 4.37. The van der Waals surface area contributed by atoms with Gasteiger partial charge in [-0.25, -0.2) is 0 Å². The van der Waals surface area contributed by atoms with E-state index in [1.165, 1.54) is 0 Å². The first-order valence-electron chi connectivity index (χ1n) is 10.6. The monoisotopic (exact) mass is 426 g/mol. The van der Waals surface area contributed by atoms with Crippen LogP contribution in [0.15, 0.2) is 66.7 Å². The molecule has 1 heterocycles. The predicted molar refractivity (Wildman–Crippen MR) is 126 cm³/mol. The van der Waals surface area contributed by atoms with Crippen molar-refractivity contribution in [1.82, 2.24) is 9.80 Å². The molecule has 162 valence electrons. The zero-order chi connectivity index (χ0) is 22.5. The van der Waals surface area contributed by atoms with Gasteiger partial charge in [0.2, 0.25) is 0 Å². The van der Waals surface area contributed by atoms with Crippen molar-refractivity contribution >= 4 is 17.3 Å². The maximum absolute atomic E-state index is 12.7. The number of nitrogens with one attached hydrogen (secondary N) is 1. The van der Waals surface area contributed by atoms with Crippen LogP contribution in [0.4, 0.5) is 11.4 Å². The standard InChI is InChI=1S/C26H26N4O2/c1-29-12-14-30(15-13-29)26(31)19-6-9-23(10-7-19)28-25-11-8-21(16-22(25)18-27)20-4-3-5-24(17-20)32-2/h3-11,16-17,28H,12-15H2,1-2H3. The summed E-state index contributed by atoms with van der Waals surface area (Å²) in [6, 6.07) is 23.2. The number of benzene rings is 3. The van der Waals surface area contributed by atoms with Gasteiger partial charge >= 0.3 is 0 Å². The Morgan fingerprint density at radius 1 is 0.969 bits per heavy atom. The number of rotatable bonds is 5. The van der Waals surface area contributed by atoms with Gasteiger partial charge in [-0.15, -0.1) is 0 Å². The lowest BCUT2D eigenvalue weighted by molar-refractivity contribution is 0.0664. The van der Waals surface area contributed by atoms with E-state index in [0.717, 1.165) is 54.4 Å². The van der Waals surface area contributed by atoms with E-state index in [9.17, 15) is 10.1 Å². The second-order valence-electron chi connectivity index (χ2n) is 7.90. The number of anilines is 2. The molecule has 32 heavy (non-hydrogen) atoms. The Bertz CT molecular complexity index is 1140. The Morgan fingerprint density at radius 3 is 2.38 bits per heavy atom. The normalized spacial score (nSPS) is 14.0. The van der Waals surface area contributed by atoms with Crippen molar-refractivity contribution in [3.63, 3.8) is 0 Å². The number of hydrogen-bond donors (Lipinski definition) is 1. The van der Waals surface area contributed by atoms with E-state index in [1.54, 1.807) is 7.11 Å². The molecule has 3 aromatic rings. The van der Waals surface area contributed by atoms with Gasteiger partial charge in [-0.2, -0.15) is 5.26 Å². The van der Waals surface area contributed by atoms with E-state index in [2.05, 4.69) is 23.3 Å². The molecule has 0 atom stereocenters. The molecule has 1 fully saturated rings. The zero-order valence-electron chi connectivity index (χ0n) is 18.3. The smallest absolute Gasteiger partial charge is 0.253 e. The molecular formula is C26H26N4O2. The summed E-state index contributed by atoms with van der Waals surface area (Å²) in [5.74, 6) is 0.833. The molecular weight excluding hydrogens is 400 g/mol. The van der Waals surface area contributed by atoms with Crippen LogP contribution in [0.25, 0.3) is 11.1 Å². The molecule has 1 aliphatic heterocycles. The van der Waals surface area contributed by atoms with Crippen LogP contribution in [0.1, 0.15) is 15.9 Å². The van der Waals surface area contributed by atoms with E-state index in [1.807, 2.05) is 71.6 Å². The minimum absolute atomic E-state index is 0.0602. The van der Waals surface area contributed by atoms with Crippen LogP contribution in [0, 0.1) is 11.3 Å². The highest BCUT2D eigenvalue weighted by atomic mass is 16.5. The van der Waals surface area contributed by atoms with Gasteiger partial charge in [0.15, 0.2) is 0 Å². The number of hydrogen-bond acceptors (Lipinski definition) is 5. The van der Waals surface area contributed by atoms with Crippen LogP contribution >= 0.6 is 0 Å². The zero-order valence-corrected chi connectivity index (χ0v) is 18.3. The van der Waals surface area contributed by atoms with Gasteiger partial charge in [0.05, 0.1) is 18.4 Å². The Morgan fingerprint density at radius 2 is 1.69 bits per heavy atom. The fraction of sp³-hybridized carbons (Fsp3) is 0.231. The molecule has 1 N–H and O–H groups in total. The molecule has 0 spiro atoms. The summed E-state index contributed by atoms with van der Waals surface area (Å²) >= 11 is 0. The first kappa shape index (κ1) is 21.4. The Kier molecular flexibility index (Phi) is 6.39. The van der Waals surface area contributed by atoms with Crippen molar-refractivity contribution < 1.29 is 9.53 Å². The third-order valence-electron chi connectivity index (χ3n) is 5.74. The van der Waals surface area contributed by atoms with Crippen LogP contribution in [0.3, 0.4) is 0 Å². The minimum atomic E-state index is 0.0602. The lowest BCUT2D eigenvalue weighted by atomic mass is 10.0. The Labute approximate surface area is 188 Å². The van der Waals surface area contributed by atoms with Crippen LogP contribution in [0.2, 0.25) is 0 Å². The Balaban J connectivity index is 1.49. The van der Waals surface area contributed by atoms with E-state index in [4.69, 9.17) is 4.74 Å². The fourth-order valence-electron chi connectivity index (χ4n) is 3.77. The first-order chi connectivity index (χ1) is 15.6. The number of carbonyl (C=O) groups excluding carboxylic acids is 1. The number of piperazine rings is 1. The van der Waals surface area contributed by atoms with E-state index in [0.29, 0.717) is 11.1 Å². The number of nitrogens with zero attached hydrogens (tertiary/aromatic N) is 3. The van der Waals surface area contributed by atoms with Crippen molar-refractivity contribution in [3.05, 3.63) is 77.9 Å². The summed E-state index contributed by atoms with van der Waals surface area (Å²) in [7, 11) is 3.71. The van der Waals surface area contributed by atoms with Gasteiger partial charge in [-0.1, -0.05) is 18.2 Å². The number of likely N-dealkylation sites (N-methyl/N-ethyl adjacent to an activating group) is 1. The highest BCUT2D eigenvalue weighted by Gasteiger charge is 2.20. The molecule has 0 saturated carbocycles. The van der Waals surface area contributed by atoms with Gasteiger partial charge in [0, 0.05) is 37.4 Å². The van der Waals surface area contributed by atoms with Gasteiger partial charge in [0.1, 0.15) is 11.8 Å². The number of carbonyl (C=O) groups is 1. The van der Waals surface area contributed by atoms with Crippen molar-refractivity contribution in [1.29, 1.82) is 5.26 Å². The highest BCUT2D eigenvalue weighted by Crippen LogP contribution is 2.29. The van der Waals surface area contributed by atoms with Gasteiger partial charge in [-0.3, -0.25) is 4.79 Å². The summed E-state index contributed by atoms with van der Waals surface area (Å²) in [5.41, 5.74) is 4.69. The maximum atomic E-state index is 12.7. The molecule has 0 unspecified atom stereocenters. The van der Waals surface area contributed by atoms with E-state index >= 15 is 0 Å². The summed E-state index contributed by atoms with van der Waals surface area (Å²) in [5, 5.41) is 13.0. The molecule has 3 aromatic carbocycles. The lowest BCUT2D eigenvalue weighted by Gasteiger charge is -2.32. The van der Waals surface area contributed by atoms with Crippen molar-refractivity contribution in [2.75, 3.05) is 45.7 Å². The second kappa shape index (κ2) is 9.54. The van der Waals surface area contributed by atoms with Crippen molar-refractivity contribution in [3.8, 4) is 22.9 Å². The summed E-state index contributed by atoms with van der Waals surface area (Å²) in [6.45, 7) is 3.29. The van der Waals surface area contributed by atoms with Crippen LogP contribution in [-0.2, 0) is 0 Å². The molecule has 0 radical (unpaired) electrons. The number of ether oxygens (including phenoxy) is 1. The van der Waals surface area contributed by atoms with Gasteiger partial charge < -0.3 is 19.9 Å². The third-order valence-corrected chi connectivity index (χ3v) is 5.74. The number of nitriles is 1. The largest absolute Gasteiger partial charge is 0.497 e. The minimum Gasteiger partial charge on any atom is -0.497 e. The quantitative estimate of drug-likeness (QED) is 0.656. The second-order valence-corrected chi connectivity index (χ2v) is 7.90.